The Kier molecular flexibility index (Phi) is 4.90. The molecule has 0 aromatic heterocycles. The minimum atomic E-state index is -4.25. The lowest BCUT2D eigenvalue weighted by Gasteiger charge is -2.40. The van der Waals surface area contributed by atoms with Gasteiger partial charge in [0.05, 0.1) is 12.5 Å². The van der Waals surface area contributed by atoms with Crippen LogP contribution in [0.15, 0.2) is 0 Å². The van der Waals surface area contributed by atoms with E-state index in [1.807, 2.05) is 4.90 Å². The third-order valence-electron chi connectivity index (χ3n) is 4.21. The van der Waals surface area contributed by atoms with Gasteiger partial charge in [-0.25, -0.2) is 0 Å². The van der Waals surface area contributed by atoms with Crippen molar-refractivity contribution in [1.29, 1.82) is 0 Å². The molecule has 0 radical (unpaired) electrons. The number of carbonyl (C=O) groups is 1. The summed E-state index contributed by atoms with van der Waals surface area (Å²) in [5.41, 5.74) is 0. The fraction of sp³-hybridized carbons (Fsp3) is 0.923. The fourth-order valence-corrected chi connectivity index (χ4v) is 2.97. The SMILES string of the molecule is O=C(O)C1CC(NCC(F)(F)F)CN(CC2CCC2)C1. The zero-order chi connectivity index (χ0) is 14.8. The molecule has 2 rings (SSSR count). The molecule has 0 spiro atoms. The molecule has 2 aliphatic rings. The van der Waals surface area contributed by atoms with Gasteiger partial charge in [0.2, 0.25) is 0 Å². The van der Waals surface area contributed by atoms with Crippen molar-refractivity contribution in [2.24, 2.45) is 11.8 Å². The van der Waals surface area contributed by atoms with Gasteiger partial charge in [-0.2, -0.15) is 13.2 Å². The fourth-order valence-electron chi connectivity index (χ4n) is 2.97. The van der Waals surface area contributed by atoms with Gasteiger partial charge in [-0.1, -0.05) is 6.42 Å². The van der Waals surface area contributed by atoms with E-state index >= 15 is 0 Å². The van der Waals surface area contributed by atoms with Crippen molar-refractivity contribution in [2.45, 2.75) is 37.9 Å². The maximum atomic E-state index is 12.2. The molecular weight excluding hydrogens is 273 g/mol. The molecule has 7 heteroatoms. The van der Waals surface area contributed by atoms with E-state index < -0.39 is 30.7 Å². The average molecular weight is 294 g/mol. The summed E-state index contributed by atoms with van der Waals surface area (Å²) in [5.74, 6) is -0.900. The summed E-state index contributed by atoms with van der Waals surface area (Å²) in [5, 5.41) is 11.6. The molecule has 116 valence electrons. The standard InChI is InChI=1S/C13H21F3N2O2/c14-13(15,16)8-17-11-4-10(12(19)20)6-18(7-11)5-9-2-1-3-9/h9-11,17H,1-8H2,(H,19,20). The molecule has 20 heavy (non-hydrogen) atoms. The van der Waals surface area contributed by atoms with Crippen molar-refractivity contribution in [2.75, 3.05) is 26.2 Å². The van der Waals surface area contributed by atoms with E-state index in [2.05, 4.69) is 5.32 Å². The lowest BCUT2D eigenvalue weighted by Crippen LogP contribution is -2.53. The van der Waals surface area contributed by atoms with E-state index in [1.54, 1.807) is 0 Å². The van der Waals surface area contributed by atoms with E-state index in [-0.39, 0.29) is 6.42 Å². The summed E-state index contributed by atoms with van der Waals surface area (Å²) < 4.78 is 36.7. The highest BCUT2D eigenvalue weighted by molar-refractivity contribution is 5.70. The average Bonchev–Trinajstić information content (AvgIpc) is 2.30. The second-order valence-electron chi connectivity index (χ2n) is 5.98. The van der Waals surface area contributed by atoms with Crippen LogP contribution in [0.1, 0.15) is 25.7 Å². The minimum Gasteiger partial charge on any atom is -0.481 e. The van der Waals surface area contributed by atoms with Crippen LogP contribution in [0.4, 0.5) is 13.2 Å². The molecule has 2 N–H and O–H groups in total. The Labute approximate surface area is 116 Å². The molecule has 0 amide bonds. The Hall–Kier alpha value is -0.820. The lowest BCUT2D eigenvalue weighted by molar-refractivity contribution is -0.144. The van der Waals surface area contributed by atoms with Crippen LogP contribution in [0.5, 0.6) is 0 Å². The van der Waals surface area contributed by atoms with Gasteiger partial charge in [0.1, 0.15) is 0 Å². The van der Waals surface area contributed by atoms with Crippen LogP contribution >= 0.6 is 0 Å². The van der Waals surface area contributed by atoms with Crippen molar-refractivity contribution in [3.63, 3.8) is 0 Å². The smallest absolute Gasteiger partial charge is 0.401 e. The Bertz CT molecular complexity index is 345. The molecule has 1 saturated carbocycles. The zero-order valence-corrected chi connectivity index (χ0v) is 11.3. The maximum Gasteiger partial charge on any atom is 0.401 e. The summed E-state index contributed by atoms with van der Waals surface area (Å²) >= 11 is 0. The molecule has 2 fully saturated rings. The van der Waals surface area contributed by atoms with Crippen LogP contribution in [0.2, 0.25) is 0 Å². The van der Waals surface area contributed by atoms with Crippen molar-refractivity contribution < 1.29 is 23.1 Å². The number of carboxylic acid groups (broad SMARTS) is 1. The van der Waals surface area contributed by atoms with E-state index in [0.717, 1.165) is 19.4 Å². The first-order chi connectivity index (χ1) is 9.33. The largest absolute Gasteiger partial charge is 0.481 e. The third-order valence-corrected chi connectivity index (χ3v) is 4.21. The number of nitrogens with zero attached hydrogens (tertiary/aromatic N) is 1. The number of likely N-dealkylation sites (tertiary alicyclic amines) is 1. The molecule has 0 aromatic carbocycles. The van der Waals surface area contributed by atoms with Crippen LogP contribution in [0.3, 0.4) is 0 Å². The van der Waals surface area contributed by atoms with Crippen molar-refractivity contribution in [3.05, 3.63) is 0 Å². The highest BCUT2D eigenvalue weighted by Gasteiger charge is 2.35. The van der Waals surface area contributed by atoms with Gasteiger partial charge in [0, 0.05) is 25.7 Å². The van der Waals surface area contributed by atoms with Crippen LogP contribution < -0.4 is 5.32 Å². The maximum absolute atomic E-state index is 12.2. The van der Waals surface area contributed by atoms with Gasteiger partial charge in [-0.3, -0.25) is 4.79 Å². The van der Waals surface area contributed by atoms with Gasteiger partial charge >= 0.3 is 12.1 Å². The third kappa shape index (κ3) is 4.63. The molecule has 2 atom stereocenters. The Balaban J connectivity index is 1.87. The number of hydrogen-bond acceptors (Lipinski definition) is 3. The van der Waals surface area contributed by atoms with E-state index in [1.165, 1.54) is 6.42 Å². The van der Waals surface area contributed by atoms with Crippen molar-refractivity contribution in [1.82, 2.24) is 10.2 Å². The second-order valence-corrected chi connectivity index (χ2v) is 5.98. The van der Waals surface area contributed by atoms with Gasteiger partial charge in [-0.05, 0) is 25.2 Å². The number of carboxylic acids is 1. The normalized spacial score (nSPS) is 29.1. The van der Waals surface area contributed by atoms with Crippen LogP contribution in [0, 0.1) is 11.8 Å². The monoisotopic (exact) mass is 294 g/mol. The molecule has 2 unspecified atom stereocenters. The summed E-state index contributed by atoms with van der Waals surface area (Å²) in [6, 6.07) is -0.397. The van der Waals surface area contributed by atoms with Gasteiger partial charge < -0.3 is 15.3 Å². The molecule has 1 aliphatic carbocycles. The Morgan fingerprint density at radius 1 is 1.30 bits per heavy atom. The van der Waals surface area contributed by atoms with Crippen LogP contribution in [-0.4, -0.2) is 54.4 Å². The Morgan fingerprint density at radius 2 is 2.00 bits per heavy atom. The first kappa shape index (κ1) is 15.6. The zero-order valence-electron chi connectivity index (χ0n) is 11.3. The van der Waals surface area contributed by atoms with Crippen molar-refractivity contribution >= 4 is 5.97 Å². The summed E-state index contributed by atoms with van der Waals surface area (Å²) in [4.78, 5) is 13.2. The van der Waals surface area contributed by atoms with Gasteiger partial charge in [-0.15, -0.1) is 0 Å². The molecular formula is C13H21F3N2O2. The second kappa shape index (κ2) is 6.30. The summed E-state index contributed by atoms with van der Waals surface area (Å²) in [6.45, 7) is 0.724. The molecule has 0 bridgehead atoms. The predicted octanol–water partition coefficient (Wildman–Crippen LogP) is 1.71. The lowest BCUT2D eigenvalue weighted by atomic mass is 9.84. The highest BCUT2D eigenvalue weighted by atomic mass is 19.4. The number of rotatable bonds is 5. The molecule has 4 nitrogen and oxygen atoms in total. The van der Waals surface area contributed by atoms with E-state index in [0.29, 0.717) is 19.0 Å². The summed E-state index contributed by atoms with van der Waals surface area (Å²) in [6.07, 6.45) is -0.484. The first-order valence-electron chi connectivity index (χ1n) is 7.09. The predicted molar refractivity (Wildman–Crippen MR) is 67.4 cm³/mol. The number of halogens is 3. The molecule has 0 aromatic rings. The number of alkyl halides is 3. The molecule has 1 aliphatic heterocycles. The van der Waals surface area contributed by atoms with Gasteiger partial charge in [0.15, 0.2) is 0 Å². The van der Waals surface area contributed by atoms with Crippen molar-refractivity contribution in [3.8, 4) is 0 Å². The van der Waals surface area contributed by atoms with E-state index in [9.17, 15) is 18.0 Å². The molecule has 1 heterocycles. The number of nitrogens with one attached hydrogen (secondary N) is 1. The molecule has 1 saturated heterocycles. The number of hydrogen-bond donors (Lipinski definition) is 2. The number of piperidine rings is 1. The topological polar surface area (TPSA) is 52.6 Å². The van der Waals surface area contributed by atoms with Crippen LogP contribution in [-0.2, 0) is 4.79 Å². The van der Waals surface area contributed by atoms with E-state index in [4.69, 9.17) is 5.11 Å². The Morgan fingerprint density at radius 3 is 2.50 bits per heavy atom. The minimum absolute atomic E-state index is 0.270. The number of aliphatic carboxylic acids is 1. The first-order valence-corrected chi connectivity index (χ1v) is 7.09. The summed E-state index contributed by atoms with van der Waals surface area (Å²) in [7, 11) is 0. The quantitative estimate of drug-likeness (QED) is 0.810. The highest BCUT2D eigenvalue weighted by Crippen LogP contribution is 2.29. The van der Waals surface area contributed by atoms with Gasteiger partial charge in [0.25, 0.3) is 0 Å². The van der Waals surface area contributed by atoms with Crippen LogP contribution in [0.25, 0.3) is 0 Å².